The first-order valence-corrected chi connectivity index (χ1v) is 7.92. The summed E-state index contributed by atoms with van der Waals surface area (Å²) in [5.74, 6) is 0. The molecule has 1 aliphatic heterocycles. The maximum absolute atomic E-state index is 12.5. The maximum atomic E-state index is 12.5. The number of anilines is 1. The third-order valence-corrected chi connectivity index (χ3v) is 4.44. The van der Waals surface area contributed by atoms with Crippen LogP contribution in [0.5, 0.6) is 0 Å². The van der Waals surface area contributed by atoms with Crippen LogP contribution in [0.1, 0.15) is 16.8 Å². The zero-order valence-corrected chi connectivity index (χ0v) is 13.1. The Kier molecular flexibility index (Phi) is 3.30. The van der Waals surface area contributed by atoms with Gasteiger partial charge < -0.3 is 15.2 Å². The van der Waals surface area contributed by atoms with Crippen LogP contribution in [0.15, 0.2) is 48.5 Å². The highest BCUT2D eigenvalue weighted by Crippen LogP contribution is 2.27. The molecule has 0 saturated heterocycles. The average Bonchev–Trinajstić information content (AvgIpc) is 2.92. The molecule has 23 heavy (non-hydrogen) atoms. The summed E-state index contributed by atoms with van der Waals surface area (Å²) < 4.78 is 0. The number of carbonyl (C=O) groups excluding carboxylic acids is 1. The van der Waals surface area contributed by atoms with E-state index in [1.54, 1.807) is 0 Å². The van der Waals surface area contributed by atoms with Crippen molar-refractivity contribution in [1.29, 1.82) is 0 Å². The Morgan fingerprint density at radius 3 is 2.91 bits per heavy atom. The van der Waals surface area contributed by atoms with Crippen molar-refractivity contribution in [3.8, 4) is 0 Å². The van der Waals surface area contributed by atoms with Crippen LogP contribution < -0.4 is 5.32 Å². The van der Waals surface area contributed by atoms with Crippen molar-refractivity contribution >= 4 is 22.6 Å². The summed E-state index contributed by atoms with van der Waals surface area (Å²) in [7, 11) is 0. The number of benzene rings is 2. The second-order valence-electron chi connectivity index (χ2n) is 6.10. The smallest absolute Gasteiger partial charge is 0.322 e. The van der Waals surface area contributed by atoms with Crippen molar-refractivity contribution < 1.29 is 4.79 Å². The molecule has 0 atom stereocenters. The fraction of sp³-hybridized carbons (Fsp3) is 0.211. The summed E-state index contributed by atoms with van der Waals surface area (Å²) >= 11 is 0. The van der Waals surface area contributed by atoms with Crippen molar-refractivity contribution in [2.75, 3.05) is 11.9 Å². The fourth-order valence-corrected chi connectivity index (χ4v) is 3.29. The SMILES string of the molecule is Cc1cccc(NC(=O)N2CCc3c([nH]c4ccccc34)C2)c1. The fourth-order valence-electron chi connectivity index (χ4n) is 3.29. The maximum Gasteiger partial charge on any atom is 0.322 e. The van der Waals surface area contributed by atoms with Gasteiger partial charge in [-0.1, -0.05) is 30.3 Å². The van der Waals surface area contributed by atoms with Crippen LogP contribution in [0.3, 0.4) is 0 Å². The number of aromatic amines is 1. The number of aryl methyl sites for hydroxylation is 1. The molecule has 0 aliphatic carbocycles. The van der Waals surface area contributed by atoms with Gasteiger partial charge in [-0.3, -0.25) is 0 Å². The molecular weight excluding hydrogens is 286 g/mol. The summed E-state index contributed by atoms with van der Waals surface area (Å²) in [6.07, 6.45) is 0.889. The number of fused-ring (bicyclic) bond motifs is 3. The lowest BCUT2D eigenvalue weighted by Gasteiger charge is -2.27. The first kappa shape index (κ1) is 13.9. The summed E-state index contributed by atoms with van der Waals surface area (Å²) in [5.41, 5.74) is 5.63. The van der Waals surface area contributed by atoms with E-state index in [4.69, 9.17) is 0 Å². The van der Waals surface area contributed by atoms with Crippen molar-refractivity contribution in [3.63, 3.8) is 0 Å². The number of nitrogens with one attached hydrogen (secondary N) is 2. The highest BCUT2D eigenvalue weighted by molar-refractivity contribution is 5.90. The van der Waals surface area contributed by atoms with Gasteiger partial charge in [0.15, 0.2) is 0 Å². The predicted octanol–water partition coefficient (Wildman–Crippen LogP) is 4.07. The minimum atomic E-state index is -0.0418. The third kappa shape index (κ3) is 2.57. The third-order valence-electron chi connectivity index (χ3n) is 4.44. The largest absolute Gasteiger partial charge is 0.357 e. The zero-order valence-electron chi connectivity index (χ0n) is 13.1. The molecule has 4 nitrogen and oxygen atoms in total. The molecule has 2 aromatic carbocycles. The molecular formula is C19H19N3O. The number of rotatable bonds is 1. The van der Waals surface area contributed by atoms with Crippen LogP contribution in [-0.4, -0.2) is 22.5 Å². The summed E-state index contributed by atoms with van der Waals surface area (Å²) in [4.78, 5) is 17.8. The van der Waals surface area contributed by atoms with Gasteiger partial charge in [-0.25, -0.2) is 4.79 Å². The predicted molar refractivity (Wildman–Crippen MR) is 92.6 cm³/mol. The van der Waals surface area contributed by atoms with E-state index in [1.165, 1.54) is 10.9 Å². The van der Waals surface area contributed by atoms with Crippen LogP contribution in [0.4, 0.5) is 10.5 Å². The molecule has 1 aromatic heterocycles. The van der Waals surface area contributed by atoms with E-state index in [0.29, 0.717) is 6.54 Å². The minimum Gasteiger partial charge on any atom is -0.357 e. The second-order valence-corrected chi connectivity index (χ2v) is 6.10. The molecule has 2 heterocycles. The summed E-state index contributed by atoms with van der Waals surface area (Å²) in [6, 6.07) is 16.2. The monoisotopic (exact) mass is 305 g/mol. The summed E-state index contributed by atoms with van der Waals surface area (Å²) in [6.45, 7) is 3.39. The van der Waals surface area contributed by atoms with E-state index >= 15 is 0 Å². The Morgan fingerprint density at radius 1 is 1.17 bits per heavy atom. The van der Waals surface area contributed by atoms with E-state index in [0.717, 1.165) is 35.4 Å². The first-order chi connectivity index (χ1) is 11.2. The van der Waals surface area contributed by atoms with E-state index in [2.05, 4.69) is 28.5 Å². The molecule has 0 radical (unpaired) electrons. The highest BCUT2D eigenvalue weighted by Gasteiger charge is 2.23. The highest BCUT2D eigenvalue weighted by atomic mass is 16.2. The van der Waals surface area contributed by atoms with Gasteiger partial charge >= 0.3 is 6.03 Å². The van der Waals surface area contributed by atoms with Gasteiger partial charge in [-0.2, -0.15) is 0 Å². The Labute approximate surface area is 135 Å². The lowest BCUT2D eigenvalue weighted by Crippen LogP contribution is -2.38. The molecule has 0 fully saturated rings. The molecule has 1 aliphatic rings. The van der Waals surface area contributed by atoms with Gasteiger partial charge in [0, 0.05) is 28.8 Å². The van der Waals surface area contributed by atoms with Crippen molar-refractivity contribution in [3.05, 3.63) is 65.4 Å². The Morgan fingerprint density at radius 2 is 2.04 bits per heavy atom. The van der Waals surface area contributed by atoms with Gasteiger partial charge in [0.25, 0.3) is 0 Å². The number of carbonyl (C=O) groups is 1. The Hall–Kier alpha value is -2.75. The molecule has 0 bridgehead atoms. The van der Waals surface area contributed by atoms with Crippen molar-refractivity contribution in [2.24, 2.45) is 0 Å². The molecule has 4 heteroatoms. The Bertz CT molecular complexity index is 881. The van der Waals surface area contributed by atoms with Gasteiger partial charge in [0.05, 0.1) is 6.54 Å². The number of hydrogen-bond donors (Lipinski definition) is 2. The molecule has 2 N–H and O–H groups in total. The lowest BCUT2D eigenvalue weighted by molar-refractivity contribution is 0.206. The standard InChI is InChI=1S/C19H19N3O/c1-13-5-4-6-14(11-13)20-19(23)22-10-9-16-15-7-2-3-8-17(15)21-18(16)12-22/h2-8,11,21H,9-10,12H2,1H3,(H,20,23). The van der Waals surface area contributed by atoms with E-state index in [-0.39, 0.29) is 6.03 Å². The quantitative estimate of drug-likeness (QED) is 0.699. The van der Waals surface area contributed by atoms with E-state index in [1.807, 2.05) is 42.2 Å². The first-order valence-electron chi connectivity index (χ1n) is 7.92. The topological polar surface area (TPSA) is 48.1 Å². The molecule has 0 saturated carbocycles. The number of para-hydroxylation sites is 1. The van der Waals surface area contributed by atoms with Crippen LogP contribution in [0.2, 0.25) is 0 Å². The Balaban J connectivity index is 1.54. The number of nitrogens with zero attached hydrogens (tertiary/aromatic N) is 1. The van der Waals surface area contributed by atoms with Crippen molar-refractivity contribution in [2.45, 2.75) is 19.9 Å². The summed E-state index contributed by atoms with van der Waals surface area (Å²) in [5, 5.41) is 4.27. The number of urea groups is 1. The molecule has 4 rings (SSSR count). The van der Waals surface area contributed by atoms with Gasteiger partial charge in [0.2, 0.25) is 0 Å². The number of H-pyrrole nitrogens is 1. The number of aromatic nitrogens is 1. The lowest BCUT2D eigenvalue weighted by atomic mass is 10.0. The van der Waals surface area contributed by atoms with Gasteiger partial charge in [0.1, 0.15) is 0 Å². The van der Waals surface area contributed by atoms with Crippen LogP contribution >= 0.6 is 0 Å². The van der Waals surface area contributed by atoms with E-state index in [9.17, 15) is 4.79 Å². The number of amides is 2. The molecule has 116 valence electrons. The van der Waals surface area contributed by atoms with Crippen molar-refractivity contribution in [1.82, 2.24) is 9.88 Å². The van der Waals surface area contributed by atoms with Gasteiger partial charge in [-0.15, -0.1) is 0 Å². The molecule has 3 aromatic rings. The molecule has 2 amide bonds. The van der Waals surface area contributed by atoms with Crippen LogP contribution in [0, 0.1) is 6.92 Å². The number of hydrogen-bond acceptors (Lipinski definition) is 1. The zero-order chi connectivity index (χ0) is 15.8. The normalized spacial score (nSPS) is 13.9. The molecule has 0 spiro atoms. The second kappa shape index (κ2) is 5.47. The average molecular weight is 305 g/mol. The van der Waals surface area contributed by atoms with Gasteiger partial charge in [-0.05, 0) is 42.7 Å². The van der Waals surface area contributed by atoms with Crippen LogP contribution in [0.25, 0.3) is 10.9 Å². The minimum absolute atomic E-state index is 0.0418. The van der Waals surface area contributed by atoms with E-state index < -0.39 is 0 Å². The molecule has 0 unspecified atom stereocenters. The van der Waals surface area contributed by atoms with Crippen LogP contribution in [-0.2, 0) is 13.0 Å².